The second-order valence-electron chi connectivity index (χ2n) is 3.16. The number of rotatable bonds is 4. The number of likely N-dealkylation sites (N-methyl/N-ethyl adjacent to an activating group) is 1. The van der Waals surface area contributed by atoms with Crippen molar-refractivity contribution >= 4 is 11.9 Å². The van der Waals surface area contributed by atoms with Crippen LogP contribution in [0.1, 0.15) is 0 Å². The maximum Gasteiger partial charge on any atom is 0.359 e. The molecular formula is C6H11NO6. The van der Waals surface area contributed by atoms with Crippen molar-refractivity contribution in [2.24, 2.45) is 0 Å². The third kappa shape index (κ3) is 2.38. The molecule has 0 saturated carbocycles. The Morgan fingerprint density at radius 3 is 2.00 bits per heavy atom. The van der Waals surface area contributed by atoms with Crippen molar-refractivity contribution in [2.45, 2.75) is 5.91 Å². The predicted octanol–water partition coefficient (Wildman–Crippen LogP) is -3.46. The number of carbonyl (C=O) groups is 2. The Morgan fingerprint density at radius 2 is 1.77 bits per heavy atom. The minimum Gasteiger partial charge on any atom is -0.540 e. The van der Waals surface area contributed by atoms with Gasteiger partial charge in [0.1, 0.15) is 0 Å². The van der Waals surface area contributed by atoms with Crippen LogP contribution in [-0.2, 0) is 9.59 Å². The summed E-state index contributed by atoms with van der Waals surface area (Å²) in [5, 5.41) is 36.5. The van der Waals surface area contributed by atoms with Gasteiger partial charge in [-0.15, -0.1) is 0 Å². The molecular weight excluding hydrogens is 182 g/mol. The zero-order valence-electron chi connectivity index (χ0n) is 7.22. The van der Waals surface area contributed by atoms with Crippen molar-refractivity contribution in [3.05, 3.63) is 0 Å². The Hall–Kier alpha value is -1.18. The number of carboxylic acid groups (broad SMARTS) is 2. The van der Waals surface area contributed by atoms with E-state index in [-0.39, 0.29) is 0 Å². The first kappa shape index (κ1) is 11.8. The van der Waals surface area contributed by atoms with Gasteiger partial charge < -0.3 is 25.2 Å². The lowest BCUT2D eigenvalue weighted by Crippen LogP contribution is -2.69. The Labute approximate surface area is 74.0 Å². The quantitative estimate of drug-likeness (QED) is 0.315. The van der Waals surface area contributed by atoms with Crippen molar-refractivity contribution in [2.75, 3.05) is 20.6 Å². The van der Waals surface area contributed by atoms with Crippen LogP contribution in [0.4, 0.5) is 0 Å². The van der Waals surface area contributed by atoms with Crippen LogP contribution in [-0.4, -0.2) is 58.3 Å². The summed E-state index contributed by atoms with van der Waals surface area (Å²) in [6.45, 7) is -0.749. The lowest BCUT2D eigenvalue weighted by molar-refractivity contribution is -0.979. The maximum atomic E-state index is 10.2. The molecule has 0 aromatic carbocycles. The van der Waals surface area contributed by atoms with Crippen LogP contribution in [0.25, 0.3) is 0 Å². The van der Waals surface area contributed by atoms with Crippen molar-refractivity contribution in [3.8, 4) is 0 Å². The molecule has 0 rings (SSSR count). The first-order valence-corrected chi connectivity index (χ1v) is 3.32. The van der Waals surface area contributed by atoms with Crippen LogP contribution in [0.15, 0.2) is 0 Å². The summed E-state index contributed by atoms with van der Waals surface area (Å²) >= 11 is 0. The minimum atomic E-state index is -3.21. The number of hydrogen-bond acceptors (Lipinski definition) is 5. The monoisotopic (exact) mass is 193 g/mol. The number of quaternary nitrogens is 1. The number of aliphatic carboxylic acids is 2. The molecule has 0 atom stereocenters. The SMILES string of the molecule is C[N+](C)(CC(=O)O)C(O)(O)C(=O)[O-]. The number of aliphatic hydroxyl groups is 2. The second kappa shape index (κ2) is 3.29. The van der Waals surface area contributed by atoms with E-state index in [4.69, 9.17) is 15.3 Å². The fourth-order valence-corrected chi connectivity index (χ4v) is 0.696. The molecule has 0 aromatic rings. The molecule has 0 aliphatic rings. The molecule has 13 heavy (non-hydrogen) atoms. The molecule has 7 nitrogen and oxygen atoms in total. The van der Waals surface area contributed by atoms with Crippen molar-refractivity contribution < 1.29 is 34.5 Å². The van der Waals surface area contributed by atoms with Crippen LogP contribution in [0.5, 0.6) is 0 Å². The van der Waals surface area contributed by atoms with Gasteiger partial charge in [0.2, 0.25) is 0 Å². The molecule has 0 amide bonds. The smallest absolute Gasteiger partial charge is 0.359 e. The Balaban J connectivity index is 4.80. The van der Waals surface area contributed by atoms with E-state index in [1.807, 2.05) is 0 Å². The van der Waals surface area contributed by atoms with Crippen LogP contribution >= 0.6 is 0 Å². The van der Waals surface area contributed by atoms with Crippen molar-refractivity contribution in [1.29, 1.82) is 0 Å². The lowest BCUT2D eigenvalue weighted by atomic mass is 10.3. The van der Waals surface area contributed by atoms with E-state index in [0.717, 1.165) is 14.1 Å². The zero-order chi connectivity index (χ0) is 10.9. The summed E-state index contributed by atoms with van der Waals surface area (Å²) in [6, 6.07) is 0. The number of hydrogen-bond donors (Lipinski definition) is 3. The summed E-state index contributed by atoms with van der Waals surface area (Å²) in [5.74, 6) is -6.70. The van der Waals surface area contributed by atoms with Gasteiger partial charge in [0.05, 0.1) is 14.1 Å². The van der Waals surface area contributed by atoms with Gasteiger partial charge in [-0.2, -0.15) is 0 Å². The predicted molar refractivity (Wildman–Crippen MR) is 36.8 cm³/mol. The molecule has 0 aromatic heterocycles. The molecule has 7 heteroatoms. The van der Waals surface area contributed by atoms with Gasteiger partial charge in [0.15, 0.2) is 12.5 Å². The lowest BCUT2D eigenvalue weighted by Gasteiger charge is -2.39. The average molecular weight is 193 g/mol. The summed E-state index contributed by atoms with van der Waals surface area (Å²) in [5.41, 5.74) is 0. The molecule has 0 aliphatic carbocycles. The minimum absolute atomic E-state index is 0.749. The molecule has 0 fully saturated rings. The Bertz CT molecular complexity index is 233. The van der Waals surface area contributed by atoms with Gasteiger partial charge in [-0.25, -0.2) is 4.79 Å². The number of carboxylic acids is 2. The largest absolute Gasteiger partial charge is 0.540 e. The molecule has 0 bridgehead atoms. The van der Waals surface area contributed by atoms with Crippen molar-refractivity contribution in [3.63, 3.8) is 0 Å². The third-order valence-electron chi connectivity index (χ3n) is 1.65. The fraction of sp³-hybridized carbons (Fsp3) is 0.667. The summed E-state index contributed by atoms with van der Waals surface area (Å²) in [6.07, 6.45) is 0. The first-order valence-electron chi connectivity index (χ1n) is 3.32. The van der Waals surface area contributed by atoms with Gasteiger partial charge in [-0.05, 0) is 0 Å². The van der Waals surface area contributed by atoms with E-state index >= 15 is 0 Å². The highest BCUT2D eigenvalue weighted by atomic mass is 16.6. The topological polar surface area (TPSA) is 118 Å². The number of carbonyl (C=O) groups excluding carboxylic acids is 1. The standard InChI is InChI=1S/C6H11NO6/c1-7(2,3-4(8)9)6(12,13)5(10)11/h12-13H,3H2,1-2H3,(H-,8,9,10,11). The van der Waals surface area contributed by atoms with E-state index in [2.05, 4.69) is 0 Å². The molecule has 0 radical (unpaired) electrons. The molecule has 0 heterocycles. The van der Waals surface area contributed by atoms with Crippen LogP contribution in [0, 0.1) is 0 Å². The molecule has 3 N–H and O–H groups in total. The highest BCUT2D eigenvalue weighted by Crippen LogP contribution is 2.13. The number of nitrogens with zero attached hydrogens (tertiary/aromatic N) is 1. The van der Waals surface area contributed by atoms with E-state index in [0.29, 0.717) is 0 Å². The van der Waals surface area contributed by atoms with E-state index in [9.17, 15) is 14.7 Å². The van der Waals surface area contributed by atoms with Gasteiger partial charge >= 0.3 is 11.9 Å². The average Bonchev–Trinajstić information content (AvgIpc) is 1.83. The van der Waals surface area contributed by atoms with Crippen LogP contribution < -0.4 is 5.11 Å². The van der Waals surface area contributed by atoms with E-state index in [1.165, 1.54) is 0 Å². The zero-order valence-corrected chi connectivity index (χ0v) is 7.22. The summed E-state index contributed by atoms with van der Waals surface area (Å²) < 4.78 is -1.04. The van der Waals surface area contributed by atoms with E-state index in [1.54, 1.807) is 0 Å². The fourth-order valence-electron chi connectivity index (χ4n) is 0.696. The Kier molecular flexibility index (Phi) is 2.99. The first-order chi connectivity index (χ1) is 5.61. The Morgan fingerprint density at radius 1 is 1.38 bits per heavy atom. The van der Waals surface area contributed by atoms with Gasteiger partial charge in [-0.1, -0.05) is 0 Å². The van der Waals surface area contributed by atoms with Gasteiger partial charge in [-0.3, -0.25) is 4.48 Å². The van der Waals surface area contributed by atoms with Gasteiger partial charge in [0, 0.05) is 0 Å². The highest BCUT2D eigenvalue weighted by molar-refractivity contribution is 5.72. The summed E-state index contributed by atoms with van der Waals surface area (Å²) in [7, 11) is 2.09. The van der Waals surface area contributed by atoms with E-state index < -0.39 is 28.9 Å². The molecule has 0 unspecified atom stereocenters. The van der Waals surface area contributed by atoms with Crippen LogP contribution in [0.2, 0.25) is 0 Å². The molecule has 76 valence electrons. The maximum absolute atomic E-state index is 10.2. The molecule has 0 saturated heterocycles. The normalized spacial score (nSPS) is 12.6. The van der Waals surface area contributed by atoms with Crippen molar-refractivity contribution in [1.82, 2.24) is 0 Å². The third-order valence-corrected chi connectivity index (χ3v) is 1.65. The highest BCUT2D eigenvalue weighted by Gasteiger charge is 2.45. The summed E-state index contributed by atoms with van der Waals surface area (Å²) in [4.78, 5) is 20.5. The molecule has 0 spiro atoms. The van der Waals surface area contributed by atoms with Crippen LogP contribution in [0.3, 0.4) is 0 Å². The second-order valence-corrected chi connectivity index (χ2v) is 3.16. The van der Waals surface area contributed by atoms with Gasteiger partial charge in [0.25, 0.3) is 0 Å². The molecule has 0 aliphatic heterocycles.